The summed E-state index contributed by atoms with van der Waals surface area (Å²) in [5.74, 6) is 0. The summed E-state index contributed by atoms with van der Waals surface area (Å²) in [6.07, 6.45) is 0. The van der Waals surface area contributed by atoms with Gasteiger partial charge >= 0.3 is 6.03 Å². The fourth-order valence-electron chi connectivity index (χ4n) is 0.190. The van der Waals surface area contributed by atoms with Crippen molar-refractivity contribution in [1.82, 2.24) is 10.0 Å². The van der Waals surface area contributed by atoms with Crippen LogP contribution in [0.15, 0.2) is 0 Å². The molecule has 5 heteroatoms. The Bertz CT molecular complexity index is 96.6. The lowest BCUT2D eigenvalue weighted by atomic mass is 10.9. The maximum absolute atomic E-state index is 10.4. The average Bonchev–Trinajstić information content (AvgIpc) is 1.83. The third-order valence-corrected chi connectivity index (χ3v) is 1.19. The number of amides is 2. The largest absolute Gasteiger partial charge is 0.381 e. The summed E-state index contributed by atoms with van der Waals surface area (Å²) < 4.78 is 2.35. The maximum Gasteiger partial charge on any atom is 0.324 e. The number of carbonyl (C=O) groups is 1. The molecule has 0 rings (SSSR count). The van der Waals surface area contributed by atoms with Gasteiger partial charge in [-0.3, -0.25) is 4.72 Å². The molecule has 1 unspecified atom stereocenters. The van der Waals surface area contributed by atoms with Crippen molar-refractivity contribution in [2.45, 2.75) is 12.4 Å². The fraction of sp³-hybridized carbons (Fsp3) is 0.750. The summed E-state index contributed by atoms with van der Waals surface area (Å²) in [7, 11) is 1.51. The lowest BCUT2D eigenvalue weighted by Gasteiger charge is -2.03. The van der Waals surface area contributed by atoms with Gasteiger partial charge in [-0.25, -0.2) is 4.79 Å². The molecule has 0 aromatic carbocycles. The van der Waals surface area contributed by atoms with Crippen LogP contribution >= 0.6 is 11.9 Å². The fourth-order valence-corrected chi connectivity index (χ4v) is 0.569. The van der Waals surface area contributed by atoms with E-state index in [1.165, 1.54) is 7.05 Å². The van der Waals surface area contributed by atoms with E-state index in [0.29, 0.717) is 0 Å². The van der Waals surface area contributed by atoms with E-state index in [2.05, 4.69) is 10.0 Å². The second-order valence-corrected chi connectivity index (χ2v) is 2.52. The van der Waals surface area contributed by atoms with E-state index in [4.69, 9.17) is 5.11 Å². The summed E-state index contributed by atoms with van der Waals surface area (Å²) in [4.78, 5) is 10.4. The zero-order valence-corrected chi connectivity index (χ0v) is 6.16. The first-order valence-electron chi connectivity index (χ1n) is 2.48. The van der Waals surface area contributed by atoms with Gasteiger partial charge in [0.2, 0.25) is 0 Å². The molecular formula is C4H10N2O2S. The number of urea groups is 1. The average molecular weight is 150 g/mol. The first kappa shape index (κ1) is 8.58. The topological polar surface area (TPSA) is 61.4 Å². The van der Waals surface area contributed by atoms with Crippen LogP contribution in [-0.2, 0) is 0 Å². The maximum atomic E-state index is 10.4. The van der Waals surface area contributed by atoms with Crippen molar-refractivity contribution in [1.29, 1.82) is 0 Å². The molecule has 4 nitrogen and oxygen atoms in total. The first-order chi connectivity index (χ1) is 4.16. The van der Waals surface area contributed by atoms with E-state index in [9.17, 15) is 4.79 Å². The van der Waals surface area contributed by atoms with Crippen molar-refractivity contribution in [2.75, 3.05) is 7.05 Å². The van der Waals surface area contributed by atoms with Gasteiger partial charge in [-0.2, -0.15) is 0 Å². The summed E-state index contributed by atoms with van der Waals surface area (Å²) in [5.41, 5.74) is -0.567. The van der Waals surface area contributed by atoms with Crippen LogP contribution < -0.4 is 10.0 Å². The highest BCUT2D eigenvalue weighted by Crippen LogP contribution is 1.98. The summed E-state index contributed by atoms with van der Waals surface area (Å²) in [6, 6.07) is -0.305. The molecule has 0 aliphatic rings. The molecule has 3 N–H and O–H groups in total. The van der Waals surface area contributed by atoms with Crippen LogP contribution in [0, 0.1) is 0 Å². The van der Waals surface area contributed by atoms with E-state index in [1.807, 2.05) is 0 Å². The van der Waals surface area contributed by atoms with Crippen molar-refractivity contribution in [3.8, 4) is 0 Å². The Morgan fingerprint density at radius 3 is 2.67 bits per heavy atom. The quantitative estimate of drug-likeness (QED) is 0.380. The minimum Gasteiger partial charge on any atom is -0.381 e. The molecule has 0 heterocycles. The predicted octanol–water partition coefficient (Wildman–Crippen LogP) is -0.0981. The Morgan fingerprint density at radius 2 is 2.33 bits per heavy atom. The van der Waals surface area contributed by atoms with Gasteiger partial charge in [-0.1, -0.05) is 0 Å². The van der Waals surface area contributed by atoms with E-state index in [0.717, 1.165) is 11.9 Å². The Labute approximate surface area is 58.1 Å². The molecule has 0 aliphatic carbocycles. The van der Waals surface area contributed by atoms with Crippen LogP contribution in [0.5, 0.6) is 0 Å². The molecule has 9 heavy (non-hydrogen) atoms. The lowest BCUT2D eigenvalue weighted by molar-refractivity contribution is 0.247. The molecule has 0 saturated heterocycles. The van der Waals surface area contributed by atoms with E-state index < -0.39 is 5.44 Å². The van der Waals surface area contributed by atoms with E-state index >= 15 is 0 Å². The highest BCUT2D eigenvalue weighted by atomic mass is 32.2. The van der Waals surface area contributed by atoms with Gasteiger partial charge in [-0.05, 0) is 18.9 Å². The van der Waals surface area contributed by atoms with Gasteiger partial charge < -0.3 is 10.4 Å². The lowest BCUT2D eigenvalue weighted by Crippen LogP contribution is -2.28. The molecular weight excluding hydrogens is 140 g/mol. The molecule has 2 amide bonds. The van der Waals surface area contributed by atoms with E-state index in [1.54, 1.807) is 6.92 Å². The molecule has 1 atom stereocenters. The van der Waals surface area contributed by atoms with Crippen molar-refractivity contribution < 1.29 is 9.90 Å². The molecule has 0 aliphatic heterocycles. The number of aliphatic hydroxyl groups is 1. The Morgan fingerprint density at radius 1 is 1.78 bits per heavy atom. The highest BCUT2D eigenvalue weighted by Gasteiger charge is 1.98. The van der Waals surface area contributed by atoms with Gasteiger partial charge in [-0.15, -0.1) is 0 Å². The number of nitrogens with one attached hydrogen (secondary N) is 2. The molecule has 0 fully saturated rings. The zero-order valence-electron chi connectivity index (χ0n) is 5.34. The van der Waals surface area contributed by atoms with Gasteiger partial charge in [0.1, 0.15) is 5.44 Å². The van der Waals surface area contributed by atoms with Crippen LogP contribution in [0.1, 0.15) is 6.92 Å². The van der Waals surface area contributed by atoms with Crippen molar-refractivity contribution >= 4 is 18.0 Å². The molecule has 0 spiro atoms. The van der Waals surface area contributed by atoms with Crippen molar-refractivity contribution in [3.05, 3.63) is 0 Å². The summed E-state index contributed by atoms with van der Waals surface area (Å²) in [6.45, 7) is 1.57. The predicted molar refractivity (Wildman–Crippen MR) is 36.9 cm³/mol. The molecule has 0 radical (unpaired) electrons. The number of rotatable bonds is 2. The number of hydrogen-bond donors (Lipinski definition) is 3. The van der Waals surface area contributed by atoms with Crippen LogP contribution in [-0.4, -0.2) is 23.6 Å². The van der Waals surface area contributed by atoms with Gasteiger partial charge in [0.25, 0.3) is 0 Å². The molecule has 0 aromatic rings. The number of aliphatic hydroxyl groups excluding tert-OH is 1. The number of hydrogen-bond acceptors (Lipinski definition) is 3. The third kappa shape index (κ3) is 5.45. The van der Waals surface area contributed by atoms with E-state index in [-0.39, 0.29) is 6.03 Å². The Balaban J connectivity index is 3.17. The Kier molecular flexibility index (Phi) is 4.25. The SMILES string of the molecule is CNC(=O)NSC(C)O. The highest BCUT2D eigenvalue weighted by molar-refractivity contribution is 7.98. The zero-order chi connectivity index (χ0) is 7.28. The van der Waals surface area contributed by atoms with Gasteiger partial charge in [0.15, 0.2) is 0 Å². The van der Waals surface area contributed by atoms with Crippen molar-refractivity contribution in [2.24, 2.45) is 0 Å². The summed E-state index contributed by atoms with van der Waals surface area (Å²) in [5, 5.41) is 11.0. The molecule has 0 bridgehead atoms. The van der Waals surface area contributed by atoms with Gasteiger partial charge in [0.05, 0.1) is 0 Å². The second-order valence-electron chi connectivity index (χ2n) is 1.40. The standard InChI is InChI=1S/C4H10N2O2S/c1-3(7)9-6-4(8)5-2/h3,7H,1-2H3,(H2,5,6,8). The Hall–Kier alpha value is -0.420. The van der Waals surface area contributed by atoms with Crippen LogP contribution in [0.25, 0.3) is 0 Å². The van der Waals surface area contributed by atoms with Crippen LogP contribution in [0.2, 0.25) is 0 Å². The first-order valence-corrected chi connectivity index (χ1v) is 3.36. The van der Waals surface area contributed by atoms with Gasteiger partial charge in [0, 0.05) is 7.05 Å². The minimum absolute atomic E-state index is 0.305. The van der Waals surface area contributed by atoms with Crippen LogP contribution in [0.4, 0.5) is 4.79 Å². The monoisotopic (exact) mass is 150 g/mol. The smallest absolute Gasteiger partial charge is 0.324 e. The second kappa shape index (κ2) is 4.46. The number of carbonyl (C=O) groups excluding carboxylic acids is 1. The van der Waals surface area contributed by atoms with Crippen molar-refractivity contribution in [3.63, 3.8) is 0 Å². The molecule has 0 aromatic heterocycles. The molecule has 0 saturated carbocycles. The minimum atomic E-state index is -0.567. The normalized spacial score (nSPS) is 12.3. The van der Waals surface area contributed by atoms with Crippen LogP contribution in [0.3, 0.4) is 0 Å². The summed E-state index contributed by atoms with van der Waals surface area (Å²) >= 11 is 0.957. The third-order valence-electron chi connectivity index (χ3n) is 0.549. The molecule has 54 valence electrons.